The average molecular weight is 210 g/mol. The first-order valence-corrected chi connectivity index (χ1v) is 4.65. The molecule has 0 saturated carbocycles. The van der Waals surface area contributed by atoms with Crippen molar-refractivity contribution in [1.29, 1.82) is 0 Å². The second kappa shape index (κ2) is 4.75. The van der Waals surface area contributed by atoms with Crippen LogP contribution in [0.15, 0.2) is 12.3 Å². The molecule has 0 bridgehead atoms. The molecule has 3 N–H and O–H groups in total. The summed E-state index contributed by atoms with van der Waals surface area (Å²) in [5.41, 5.74) is 0.789. The van der Waals surface area contributed by atoms with Crippen LogP contribution in [-0.4, -0.2) is 34.4 Å². The predicted octanol–water partition coefficient (Wildman–Crippen LogP) is 0.328. The van der Waals surface area contributed by atoms with Gasteiger partial charge in [0.05, 0.1) is 6.61 Å². The van der Waals surface area contributed by atoms with Crippen LogP contribution in [0.4, 0.5) is 0 Å². The number of aromatic amines is 1. The molecule has 1 atom stereocenters. The van der Waals surface area contributed by atoms with Gasteiger partial charge in [0.2, 0.25) is 0 Å². The summed E-state index contributed by atoms with van der Waals surface area (Å²) in [6, 6.07) is 1.18. The summed E-state index contributed by atoms with van der Waals surface area (Å²) in [6.07, 6.45) is 1.49. The van der Waals surface area contributed by atoms with Crippen molar-refractivity contribution in [1.82, 2.24) is 10.3 Å². The number of Topliss-reactive ketones (excluding diaryl/α,β-unsaturated/α-hetero) is 1. The van der Waals surface area contributed by atoms with Crippen LogP contribution >= 0.6 is 0 Å². The molecule has 1 heterocycles. The van der Waals surface area contributed by atoms with Gasteiger partial charge in [-0.15, -0.1) is 0 Å². The largest absolute Gasteiger partial charge is 0.394 e. The molecule has 1 rings (SSSR count). The molecule has 1 amide bonds. The van der Waals surface area contributed by atoms with Crippen molar-refractivity contribution >= 4 is 11.7 Å². The fourth-order valence-electron chi connectivity index (χ4n) is 1.08. The third-order valence-corrected chi connectivity index (χ3v) is 1.99. The normalized spacial score (nSPS) is 12.2. The van der Waals surface area contributed by atoms with E-state index >= 15 is 0 Å². The molecule has 5 heteroatoms. The Labute approximate surface area is 87.5 Å². The van der Waals surface area contributed by atoms with Crippen molar-refractivity contribution in [3.63, 3.8) is 0 Å². The van der Waals surface area contributed by atoms with Gasteiger partial charge < -0.3 is 15.4 Å². The number of aromatic nitrogens is 1. The van der Waals surface area contributed by atoms with Crippen LogP contribution in [0.25, 0.3) is 0 Å². The van der Waals surface area contributed by atoms with Gasteiger partial charge in [-0.25, -0.2) is 0 Å². The van der Waals surface area contributed by atoms with E-state index in [-0.39, 0.29) is 24.3 Å². The fourth-order valence-corrected chi connectivity index (χ4v) is 1.08. The number of ketones is 1. The van der Waals surface area contributed by atoms with E-state index in [2.05, 4.69) is 10.3 Å². The van der Waals surface area contributed by atoms with Gasteiger partial charge in [0.1, 0.15) is 5.69 Å². The monoisotopic (exact) mass is 210 g/mol. The standard InChI is InChI=1S/C10H14N2O3/c1-6(5-13)12-10(15)9-3-8(4-11-9)7(2)14/h3-4,6,11,13H,5H2,1-2H3,(H,12,15)/t6-/m1/s1. The van der Waals surface area contributed by atoms with E-state index < -0.39 is 0 Å². The number of H-pyrrole nitrogens is 1. The molecule has 0 aliphatic carbocycles. The number of amides is 1. The van der Waals surface area contributed by atoms with E-state index in [4.69, 9.17) is 5.11 Å². The maximum atomic E-state index is 11.5. The first-order chi connectivity index (χ1) is 7.04. The minimum absolute atomic E-state index is 0.0968. The molecule has 0 aromatic carbocycles. The maximum Gasteiger partial charge on any atom is 0.268 e. The summed E-state index contributed by atoms with van der Waals surface area (Å²) >= 11 is 0. The van der Waals surface area contributed by atoms with Crippen LogP contribution in [0, 0.1) is 0 Å². The average Bonchev–Trinajstić information content (AvgIpc) is 2.66. The lowest BCUT2D eigenvalue weighted by Gasteiger charge is -2.08. The van der Waals surface area contributed by atoms with Crippen LogP contribution < -0.4 is 5.32 Å². The second-order valence-corrected chi connectivity index (χ2v) is 3.42. The smallest absolute Gasteiger partial charge is 0.268 e. The molecule has 1 aromatic heterocycles. The quantitative estimate of drug-likeness (QED) is 0.626. The van der Waals surface area contributed by atoms with Gasteiger partial charge in [0.25, 0.3) is 5.91 Å². The Balaban J connectivity index is 2.70. The first kappa shape index (κ1) is 11.5. The molecule has 5 nitrogen and oxygen atoms in total. The summed E-state index contributed by atoms with van der Waals surface area (Å²) in [6.45, 7) is 3.00. The molecule has 15 heavy (non-hydrogen) atoms. The van der Waals surface area contributed by atoms with Gasteiger partial charge >= 0.3 is 0 Å². The molecule has 0 saturated heterocycles. The van der Waals surface area contributed by atoms with Crippen molar-refractivity contribution in [2.75, 3.05) is 6.61 Å². The number of hydrogen-bond acceptors (Lipinski definition) is 3. The zero-order chi connectivity index (χ0) is 11.4. The summed E-state index contributed by atoms with van der Waals surface area (Å²) in [7, 11) is 0. The minimum Gasteiger partial charge on any atom is -0.394 e. The predicted molar refractivity (Wildman–Crippen MR) is 54.8 cm³/mol. The SMILES string of the molecule is CC(=O)c1c[nH]c(C(=O)N[C@H](C)CO)c1. The van der Waals surface area contributed by atoms with Gasteiger partial charge in [-0.1, -0.05) is 0 Å². The number of aliphatic hydroxyl groups is 1. The minimum atomic E-state index is -0.330. The van der Waals surface area contributed by atoms with Crippen molar-refractivity contribution < 1.29 is 14.7 Å². The molecule has 82 valence electrons. The maximum absolute atomic E-state index is 11.5. The van der Waals surface area contributed by atoms with Crippen LogP contribution in [-0.2, 0) is 0 Å². The number of hydrogen-bond donors (Lipinski definition) is 3. The van der Waals surface area contributed by atoms with Crippen molar-refractivity contribution in [3.8, 4) is 0 Å². The number of aliphatic hydroxyl groups excluding tert-OH is 1. The summed E-state index contributed by atoms with van der Waals surface area (Å²) in [5.74, 6) is -0.426. The highest BCUT2D eigenvalue weighted by Gasteiger charge is 2.12. The van der Waals surface area contributed by atoms with E-state index in [1.54, 1.807) is 6.92 Å². The molecule has 0 fully saturated rings. The van der Waals surface area contributed by atoms with Crippen molar-refractivity contribution in [3.05, 3.63) is 23.5 Å². The topological polar surface area (TPSA) is 82.2 Å². The zero-order valence-electron chi connectivity index (χ0n) is 8.70. The van der Waals surface area contributed by atoms with Crippen LogP contribution in [0.1, 0.15) is 34.7 Å². The molecular formula is C10H14N2O3. The molecule has 1 aromatic rings. The molecule has 0 radical (unpaired) electrons. The Morgan fingerprint density at radius 3 is 2.73 bits per heavy atom. The number of carbonyl (C=O) groups is 2. The third-order valence-electron chi connectivity index (χ3n) is 1.99. The Hall–Kier alpha value is -1.62. The lowest BCUT2D eigenvalue weighted by atomic mass is 10.2. The Morgan fingerprint density at radius 1 is 1.60 bits per heavy atom. The lowest BCUT2D eigenvalue weighted by molar-refractivity contribution is 0.0917. The number of carbonyl (C=O) groups excluding carboxylic acids is 2. The summed E-state index contributed by atoms with van der Waals surface area (Å²) in [5, 5.41) is 11.3. The van der Waals surface area contributed by atoms with Crippen molar-refractivity contribution in [2.45, 2.75) is 19.9 Å². The molecular weight excluding hydrogens is 196 g/mol. The second-order valence-electron chi connectivity index (χ2n) is 3.42. The van der Waals surface area contributed by atoms with E-state index in [0.717, 1.165) is 0 Å². The van der Waals surface area contributed by atoms with Gasteiger partial charge in [-0.05, 0) is 19.9 Å². The number of nitrogens with one attached hydrogen (secondary N) is 2. The van der Waals surface area contributed by atoms with Crippen LogP contribution in [0.2, 0.25) is 0 Å². The van der Waals surface area contributed by atoms with E-state index in [9.17, 15) is 9.59 Å². The highest BCUT2D eigenvalue weighted by molar-refractivity contribution is 5.99. The highest BCUT2D eigenvalue weighted by Crippen LogP contribution is 2.04. The van der Waals surface area contributed by atoms with Crippen LogP contribution in [0.3, 0.4) is 0 Å². The molecule has 0 spiro atoms. The van der Waals surface area contributed by atoms with E-state index in [1.807, 2.05) is 0 Å². The van der Waals surface area contributed by atoms with Gasteiger partial charge in [0.15, 0.2) is 5.78 Å². The molecule has 0 unspecified atom stereocenters. The summed E-state index contributed by atoms with van der Waals surface area (Å²) in [4.78, 5) is 25.2. The Morgan fingerprint density at radius 2 is 2.27 bits per heavy atom. The summed E-state index contributed by atoms with van der Waals surface area (Å²) < 4.78 is 0. The molecule has 0 aliphatic heterocycles. The zero-order valence-corrected chi connectivity index (χ0v) is 8.70. The molecule has 0 aliphatic rings. The van der Waals surface area contributed by atoms with Gasteiger partial charge in [-0.3, -0.25) is 9.59 Å². The van der Waals surface area contributed by atoms with E-state index in [1.165, 1.54) is 19.2 Å². The first-order valence-electron chi connectivity index (χ1n) is 4.65. The van der Waals surface area contributed by atoms with Crippen molar-refractivity contribution in [2.24, 2.45) is 0 Å². The van der Waals surface area contributed by atoms with E-state index in [0.29, 0.717) is 11.3 Å². The number of rotatable bonds is 4. The van der Waals surface area contributed by atoms with Gasteiger partial charge in [-0.2, -0.15) is 0 Å². The highest BCUT2D eigenvalue weighted by atomic mass is 16.3. The fraction of sp³-hybridized carbons (Fsp3) is 0.400. The lowest BCUT2D eigenvalue weighted by Crippen LogP contribution is -2.35. The van der Waals surface area contributed by atoms with Gasteiger partial charge in [0, 0.05) is 17.8 Å². The Bertz CT molecular complexity index is 370. The Kier molecular flexibility index (Phi) is 3.62. The van der Waals surface area contributed by atoms with Crippen LogP contribution in [0.5, 0.6) is 0 Å². The third kappa shape index (κ3) is 2.92.